The molecule has 0 saturated heterocycles. The number of carbonyl (C=O) groups excluding carboxylic acids is 1. The van der Waals surface area contributed by atoms with Crippen molar-refractivity contribution in [3.8, 4) is 17.2 Å². The zero-order chi connectivity index (χ0) is 17.4. The minimum atomic E-state index is -1.74. The van der Waals surface area contributed by atoms with Gasteiger partial charge in [0.2, 0.25) is 5.79 Å². The molecule has 0 fully saturated rings. The fourth-order valence-corrected chi connectivity index (χ4v) is 2.48. The van der Waals surface area contributed by atoms with Crippen LogP contribution in [-0.4, -0.2) is 42.0 Å². The van der Waals surface area contributed by atoms with Crippen molar-refractivity contribution in [2.24, 2.45) is 0 Å². The predicted molar refractivity (Wildman–Crippen MR) is 83.4 cm³/mol. The highest BCUT2D eigenvalue weighted by Crippen LogP contribution is 2.52. The van der Waals surface area contributed by atoms with Gasteiger partial charge in [0.05, 0.1) is 6.61 Å². The van der Waals surface area contributed by atoms with E-state index >= 15 is 0 Å². The topological polar surface area (TPSA) is 94.5 Å². The van der Waals surface area contributed by atoms with E-state index in [0.29, 0.717) is 0 Å². The number of esters is 1. The number of benzene rings is 1. The molecule has 0 aliphatic carbocycles. The minimum Gasteiger partial charge on any atom is -0.491 e. The number of carbonyl (C=O) groups is 1. The molecule has 1 aromatic carbocycles. The summed E-state index contributed by atoms with van der Waals surface area (Å²) in [5.74, 6) is -2.07. The smallest absolute Gasteiger partial charge is 0.491 e. The summed E-state index contributed by atoms with van der Waals surface area (Å²) in [6, 6.07) is 0. The van der Waals surface area contributed by atoms with E-state index in [-0.39, 0.29) is 39.5 Å². The van der Waals surface area contributed by atoms with E-state index < -0.39 is 25.4 Å². The van der Waals surface area contributed by atoms with E-state index in [1.165, 1.54) is 13.8 Å². The molecule has 1 aliphatic rings. The van der Waals surface area contributed by atoms with Gasteiger partial charge in [-0.25, -0.2) is 4.79 Å². The molecule has 23 heavy (non-hydrogen) atoms. The van der Waals surface area contributed by atoms with E-state index in [9.17, 15) is 4.79 Å². The molecule has 0 saturated carbocycles. The highest BCUT2D eigenvalue weighted by atomic mass is 35.5. The van der Waals surface area contributed by atoms with Gasteiger partial charge in [-0.15, -0.1) is 0 Å². The molecular weight excluding hydrogens is 350 g/mol. The first-order valence-electron chi connectivity index (χ1n) is 6.77. The Morgan fingerprint density at radius 1 is 1.13 bits per heavy atom. The van der Waals surface area contributed by atoms with E-state index in [0.717, 1.165) is 0 Å². The van der Waals surface area contributed by atoms with Crippen LogP contribution in [0.3, 0.4) is 0 Å². The highest BCUT2D eigenvalue weighted by Gasteiger charge is 2.41. The maximum Gasteiger partial charge on any atom is 0.491 e. The predicted octanol–water partition coefficient (Wildman–Crippen LogP) is 2.07. The molecule has 2 N–H and O–H groups in total. The Balaban J connectivity index is 2.66. The van der Waals surface area contributed by atoms with Crippen molar-refractivity contribution in [1.82, 2.24) is 0 Å². The van der Waals surface area contributed by atoms with E-state index in [1.54, 1.807) is 6.92 Å². The van der Waals surface area contributed by atoms with Gasteiger partial charge in [-0.2, -0.15) is 0 Å². The van der Waals surface area contributed by atoms with Crippen LogP contribution in [-0.2, 0) is 4.74 Å². The monoisotopic (exact) mass is 364 g/mol. The summed E-state index contributed by atoms with van der Waals surface area (Å²) in [4.78, 5) is 12.3. The van der Waals surface area contributed by atoms with Crippen LogP contribution in [0, 0.1) is 0 Å². The molecule has 0 radical (unpaired) electrons. The highest BCUT2D eigenvalue weighted by molar-refractivity contribution is 6.45. The molecule has 1 heterocycles. The average Bonchev–Trinajstić information content (AvgIpc) is 2.42. The Hall–Kier alpha value is -1.35. The third-order valence-corrected chi connectivity index (χ3v) is 3.63. The Bertz CT molecular complexity index is 633. The number of hydrogen-bond acceptors (Lipinski definition) is 7. The Morgan fingerprint density at radius 2 is 1.74 bits per heavy atom. The summed E-state index contributed by atoms with van der Waals surface area (Å²) in [6.07, 6.45) is 0. The first-order valence-corrected chi connectivity index (χ1v) is 7.52. The van der Waals surface area contributed by atoms with Crippen LogP contribution in [0.2, 0.25) is 10.0 Å². The second-order valence-corrected chi connectivity index (χ2v) is 5.86. The third kappa shape index (κ3) is 3.60. The van der Waals surface area contributed by atoms with Gasteiger partial charge in [0.1, 0.15) is 22.1 Å². The van der Waals surface area contributed by atoms with Crippen molar-refractivity contribution in [1.29, 1.82) is 0 Å². The zero-order valence-corrected chi connectivity index (χ0v) is 14.2. The lowest BCUT2D eigenvalue weighted by Gasteiger charge is -2.34. The normalized spacial score (nSPS) is 15.3. The molecule has 0 atom stereocenters. The van der Waals surface area contributed by atoms with Crippen molar-refractivity contribution >= 4 is 36.3 Å². The van der Waals surface area contributed by atoms with Crippen molar-refractivity contribution in [3.63, 3.8) is 0 Å². The zero-order valence-electron chi connectivity index (χ0n) is 12.7. The maximum absolute atomic E-state index is 12.3. The molecule has 126 valence electrons. The maximum atomic E-state index is 12.3. The SMILES string of the molecule is CCOc1c(Cl)c(Cl)c(OCB(O)O)c2c1C(=O)OC(C)(C)O2. The van der Waals surface area contributed by atoms with Gasteiger partial charge in [0, 0.05) is 13.8 Å². The summed E-state index contributed by atoms with van der Waals surface area (Å²) in [6.45, 7) is 4.51. The lowest BCUT2D eigenvalue weighted by molar-refractivity contribution is -0.128. The first kappa shape index (κ1) is 18.0. The second-order valence-electron chi connectivity index (χ2n) is 5.11. The first-order chi connectivity index (χ1) is 10.7. The van der Waals surface area contributed by atoms with Crippen LogP contribution in [0.4, 0.5) is 0 Å². The molecule has 0 amide bonds. The molecule has 2 rings (SSSR count). The summed E-state index contributed by atoms with van der Waals surface area (Å²) in [5.41, 5.74) is -0.0667. The van der Waals surface area contributed by atoms with Crippen LogP contribution in [0.5, 0.6) is 17.2 Å². The van der Waals surface area contributed by atoms with E-state index in [1.807, 2.05) is 0 Å². The van der Waals surface area contributed by atoms with E-state index in [4.69, 9.17) is 52.2 Å². The van der Waals surface area contributed by atoms with Crippen molar-refractivity contribution < 1.29 is 33.8 Å². The molecule has 0 bridgehead atoms. The molecule has 1 aliphatic heterocycles. The summed E-state index contributed by atoms with van der Waals surface area (Å²) >= 11 is 12.3. The Morgan fingerprint density at radius 3 is 2.30 bits per heavy atom. The van der Waals surface area contributed by atoms with Crippen molar-refractivity contribution in [2.75, 3.05) is 13.1 Å². The van der Waals surface area contributed by atoms with E-state index in [2.05, 4.69) is 0 Å². The number of cyclic esters (lactones) is 1. The lowest BCUT2D eigenvalue weighted by Crippen LogP contribution is -2.39. The molecule has 0 spiro atoms. The number of fused-ring (bicyclic) bond motifs is 1. The standard InChI is InChI=1S/C13H15BCl2O7/c1-4-20-9-6-10(22-13(2,3)23-12(6)17)11(8(16)7(9)15)21-5-14(18)19/h18-19H,4-5H2,1-3H3. The molecular formula is C13H15BCl2O7. The third-order valence-electron chi connectivity index (χ3n) is 2.81. The van der Waals surface area contributed by atoms with Gasteiger partial charge in [0.15, 0.2) is 17.2 Å². The Kier molecular flexibility index (Phi) is 5.20. The molecule has 0 unspecified atom stereocenters. The van der Waals surface area contributed by atoms with Gasteiger partial charge < -0.3 is 29.0 Å². The lowest BCUT2D eigenvalue weighted by atomic mass is 9.95. The van der Waals surface area contributed by atoms with Crippen LogP contribution in [0.25, 0.3) is 0 Å². The van der Waals surface area contributed by atoms with Crippen molar-refractivity contribution in [2.45, 2.75) is 26.6 Å². The quantitative estimate of drug-likeness (QED) is 0.610. The fourth-order valence-electron chi connectivity index (χ4n) is 2.02. The largest absolute Gasteiger partial charge is 0.491 e. The van der Waals surface area contributed by atoms with Crippen LogP contribution >= 0.6 is 23.2 Å². The summed E-state index contributed by atoms with van der Waals surface area (Å²) < 4.78 is 21.4. The fraction of sp³-hybridized carbons (Fsp3) is 0.462. The number of rotatable bonds is 5. The molecule has 0 aromatic heterocycles. The van der Waals surface area contributed by atoms with Gasteiger partial charge >= 0.3 is 13.1 Å². The van der Waals surface area contributed by atoms with Gasteiger partial charge in [0.25, 0.3) is 0 Å². The number of ether oxygens (including phenoxy) is 4. The average molecular weight is 365 g/mol. The Labute approximate surface area is 143 Å². The van der Waals surface area contributed by atoms with Crippen LogP contribution in [0.15, 0.2) is 0 Å². The molecule has 7 nitrogen and oxygen atoms in total. The van der Waals surface area contributed by atoms with Gasteiger partial charge in [-0.3, -0.25) is 0 Å². The van der Waals surface area contributed by atoms with Gasteiger partial charge in [-0.05, 0) is 6.92 Å². The number of halogens is 2. The number of hydrogen-bond donors (Lipinski definition) is 2. The minimum absolute atomic E-state index is 0.0200. The second kappa shape index (κ2) is 6.64. The molecule has 10 heteroatoms. The van der Waals surface area contributed by atoms with Crippen LogP contribution in [0.1, 0.15) is 31.1 Å². The molecule has 1 aromatic rings. The summed E-state index contributed by atoms with van der Waals surface area (Å²) in [5, 5.41) is 17.8. The van der Waals surface area contributed by atoms with Gasteiger partial charge in [-0.1, -0.05) is 23.2 Å². The van der Waals surface area contributed by atoms with Crippen LogP contribution < -0.4 is 14.2 Å². The van der Waals surface area contributed by atoms with Crippen molar-refractivity contribution in [3.05, 3.63) is 15.6 Å². The summed E-state index contributed by atoms with van der Waals surface area (Å²) in [7, 11) is -1.74.